The minimum absolute atomic E-state index is 0.241. The van der Waals surface area contributed by atoms with Crippen LogP contribution in [-0.2, 0) is 6.54 Å². The van der Waals surface area contributed by atoms with Crippen molar-refractivity contribution in [2.45, 2.75) is 19.5 Å². The average Bonchev–Trinajstić information content (AvgIpc) is 2.92. The summed E-state index contributed by atoms with van der Waals surface area (Å²) in [7, 11) is 2.04. The second-order valence-electron chi connectivity index (χ2n) is 4.51. The second kappa shape index (κ2) is 5.95. The fourth-order valence-electron chi connectivity index (χ4n) is 1.83. The molecule has 0 saturated carbocycles. The van der Waals surface area contributed by atoms with Crippen molar-refractivity contribution in [3.8, 4) is 0 Å². The Bertz CT molecular complexity index is 537. The van der Waals surface area contributed by atoms with Crippen molar-refractivity contribution in [2.24, 2.45) is 0 Å². The van der Waals surface area contributed by atoms with Crippen LogP contribution in [0.25, 0.3) is 0 Å². The SMILES string of the molecule is CC(c1cscn1)N(C)Cc1ccc(C(=O)O)cc1. The van der Waals surface area contributed by atoms with E-state index in [1.54, 1.807) is 23.5 Å². The molecule has 5 heteroatoms. The molecular formula is C14H16N2O2S. The molecule has 0 saturated heterocycles. The first-order valence-electron chi connectivity index (χ1n) is 5.98. The highest BCUT2D eigenvalue weighted by Gasteiger charge is 2.13. The van der Waals surface area contributed by atoms with E-state index in [4.69, 9.17) is 5.11 Å². The number of aromatic nitrogens is 1. The van der Waals surface area contributed by atoms with E-state index >= 15 is 0 Å². The van der Waals surface area contributed by atoms with E-state index in [-0.39, 0.29) is 6.04 Å². The van der Waals surface area contributed by atoms with Gasteiger partial charge in [0.1, 0.15) is 0 Å². The van der Waals surface area contributed by atoms with Crippen molar-refractivity contribution in [1.82, 2.24) is 9.88 Å². The molecule has 0 aliphatic carbocycles. The third-order valence-corrected chi connectivity index (χ3v) is 3.78. The number of hydrogen-bond donors (Lipinski definition) is 1. The Labute approximate surface area is 116 Å². The predicted molar refractivity (Wildman–Crippen MR) is 75.4 cm³/mol. The van der Waals surface area contributed by atoms with Crippen molar-refractivity contribution < 1.29 is 9.90 Å². The van der Waals surface area contributed by atoms with Gasteiger partial charge >= 0.3 is 5.97 Å². The number of carboxylic acids is 1. The maximum absolute atomic E-state index is 10.8. The van der Waals surface area contributed by atoms with Gasteiger partial charge in [-0.25, -0.2) is 9.78 Å². The van der Waals surface area contributed by atoms with E-state index in [2.05, 4.69) is 22.2 Å². The molecule has 4 nitrogen and oxygen atoms in total. The number of thiazole rings is 1. The first-order chi connectivity index (χ1) is 9.08. The Balaban J connectivity index is 2.02. The molecule has 0 aliphatic rings. The van der Waals surface area contributed by atoms with Gasteiger partial charge in [0, 0.05) is 11.9 Å². The molecule has 0 fully saturated rings. The lowest BCUT2D eigenvalue weighted by Crippen LogP contribution is -2.22. The molecule has 1 N–H and O–H groups in total. The van der Waals surface area contributed by atoms with Crippen molar-refractivity contribution in [3.05, 3.63) is 52.0 Å². The third kappa shape index (κ3) is 3.39. The molecule has 1 atom stereocenters. The Kier molecular flexibility index (Phi) is 4.29. The lowest BCUT2D eigenvalue weighted by Gasteiger charge is -2.23. The zero-order valence-corrected chi connectivity index (χ0v) is 11.7. The number of hydrogen-bond acceptors (Lipinski definition) is 4. The summed E-state index contributed by atoms with van der Waals surface area (Å²) >= 11 is 1.59. The van der Waals surface area contributed by atoms with Gasteiger partial charge in [0.2, 0.25) is 0 Å². The highest BCUT2D eigenvalue weighted by Crippen LogP contribution is 2.20. The third-order valence-electron chi connectivity index (χ3n) is 3.17. The molecule has 100 valence electrons. The minimum Gasteiger partial charge on any atom is -0.478 e. The van der Waals surface area contributed by atoms with Gasteiger partial charge in [0.05, 0.1) is 22.8 Å². The van der Waals surface area contributed by atoms with Gasteiger partial charge < -0.3 is 5.11 Å². The monoisotopic (exact) mass is 276 g/mol. The average molecular weight is 276 g/mol. The zero-order valence-electron chi connectivity index (χ0n) is 10.9. The van der Waals surface area contributed by atoms with Crippen LogP contribution in [0.4, 0.5) is 0 Å². The number of benzene rings is 1. The molecule has 0 spiro atoms. The lowest BCUT2D eigenvalue weighted by molar-refractivity contribution is 0.0697. The topological polar surface area (TPSA) is 53.4 Å². The number of aromatic carboxylic acids is 1. The van der Waals surface area contributed by atoms with Crippen LogP contribution < -0.4 is 0 Å². The standard InChI is InChI=1S/C14H16N2O2S/c1-10(13-8-19-9-15-13)16(2)7-11-3-5-12(6-4-11)14(17)18/h3-6,8-10H,7H2,1-2H3,(H,17,18). The Morgan fingerprint density at radius 1 is 1.42 bits per heavy atom. The van der Waals surface area contributed by atoms with Crippen LogP contribution in [0.5, 0.6) is 0 Å². The van der Waals surface area contributed by atoms with Crippen molar-refractivity contribution in [1.29, 1.82) is 0 Å². The molecule has 0 radical (unpaired) electrons. The van der Waals surface area contributed by atoms with E-state index < -0.39 is 5.97 Å². The molecule has 2 aromatic rings. The molecular weight excluding hydrogens is 260 g/mol. The maximum Gasteiger partial charge on any atom is 0.335 e. The Morgan fingerprint density at radius 3 is 2.63 bits per heavy atom. The molecule has 2 rings (SSSR count). The normalized spacial score (nSPS) is 12.6. The highest BCUT2D eigenvalue weighted by molar-refractivity contribution is 7.07. The quantitative estimate of drug-likeness (QED) is 0.912. The van der Waals surface area contributed by atoms with E-state index in [1.807, 2.05) is 24.7 Å². The molecule has 1 unspecified atom stereocenters. The fourth-order valence-corrected chi connectivity index (χ4v) is 2.47. The largest absolute Gasteiger partial charge is 0.478 e. The molecule has 0 aliphatic heterocycles. The summed E-state index contributed by atoms with van der Waals surface area (Å²) in [4.78, 5) is 17.3. The summed E-state index contributed by atoms with van der Waals surface area (Å²) in [6.07, 6.45) is 0. The number of rotatable bonds is 5. The Morgan fingerprint density at radius 2 is 2.11 bits per heavy atom. The van der Waals surface area contributed by atoms with E-state index in [0.717, 1.165) is 17.8 Å². The van der Waals surface area contributed by atoms with Crippen LogP contribution in [0.2, 0.25) is 0 Å². The Hall–Kier alpha value is -1.72. The van der Waals surface area contributed by atoms with Crippen LogP contribution in [0.3, 0.4) is 0 Å². The fraction of sp³-hybridized carbons (Fsp3) is 0.286. The predicted octanol–water partition coefficient (Wildman–Crippen LogP) is 3.03. The highest BCUT2D eigenvalue weighted by atomic mass is 32.1. The number of nitrogens with zero attached hydrogens (tertiary/aromatic N) is 2. The van der Waals surface area contributed by atoms with Gasteiger partial charge in [-0.1, -0.05) is 12.1 Å². The molecule has 19 heavy (non-hydrogen) atoms. The maximum atomic E-state index is 10.8. The van der Waals surface area contributed by atoms with Crippen molar-refractivity contribution in [2.75, 3.05) is 7.05 Å². The summed E-state index contributed by atoms with van der Waals surface area (Å²) in [5.74, 6) is -0.893. The zero-order chi connectivity index (χ0) is 13.8. The number of carbonyl (C=O) groups is 1. The van der Waals surface area contributed by atoms with Crippen LogP contribution in [-0.4, -0.2) is 28.0 Å². The summed E-state index contributed by atoms with van der Waals surface area (Å²) in [6, 6.07) is 7.23. The summed E-state index contributed by atoms with van der Waals surface area (Å²) in [5.41, 5.74) is 4.31. The first-order valence-corrected chi connectivity index (χ1v) is 6.93. The molecule has 0 amide bonds. The number of carboxylic acid groups (broad SMARTS) is 1. The van der Waals surface area contributed by atoms with Crippen molar-refractivity contribution in [3.63, 3.8) is 0 Å². The van der Waals surface area contributed by atoms with Gasteiger partial charge in [0.15, 0.2) is 0 Å². The van der Waals surface area contributed by atoms with Gasteiger partial charge in [-0.05, 0) is 31.7 Å². The van der Waals surface area contributed by atoms with Gasteiger partial charge in [-0.3, -0.25) is 4.90 Å². The van der Waals surface area contributed by atoms with Gasteiger partial charge in [-0.15, -0.1) is 11.3 Å². The van der Waals surface area contributed by atoms with Crippen LogP contribution in [0.15, 0.2) is 35.2 Å². The first kappa shape index (κ1) is 13.7. The van der Waals surface area contributed by atoms with Crippen LogP contribution in [0, 0.1) is 0 Å². The summed E-state index contributed by atoms with van der Waals surface area (Å²) in [6.45, 7) is 2.87. The van der Waals surface area contributed by atoms with E-state index in [0.29, 0.717) is 5.56 Å². The van der Waals surface area contributed by atoms with Crippen LogP contribution >= 0.6 is 11.3 Å². The molecule has 1 aromatic carbocycles. The minimum atomic E-state index is -0.893. The molecule has 1 heterocycles. The molecule has 0 bridgehead atoms. The van der Waals surface area contributed by atoms with E-state index in [9.17, 15) is 4.79 Å². The second-order valence-corrected chi connectivity index (χ2v) is 5.23. The summed E-state index contributed by atoms with van der Waals surface area (Å²) < 4.78 is 0. The smallest absolute Gasteiger partial charge is 0.335 e. The van der Waals surface area contributed by atoms with Gasteiger partial charge in [0.25, 0.3) is 0 Å². The van der Waals surface area contributed by atoms with Crippen molar-refractivity contribution >= 4 is 17.3 Å². The van der Waals surface area contributed by atoms with Gasteiger partial charge in [-0.2, -0.15) is 0 Å². The molecule has 1 aromatic heterocycles. The lowest BCUT2D eigenvalue weighted by atomic mass is 10.1. The van der Waals surface area contributed by atoms with E-state index in [1.165, 1.54) is 0 Å². The van der Waals surface area contributed by atoms with Crippen LogP contribution in [0.1, 0.15) is 34.6 Å². The summed E-state index contributed by atoms with van der Waals surface area (Å²) in [5, 5.41) is 10.9.